The van der Waals surface area contributed by atoms with Crippen molar-refractivity contribution in [2.75, 3.05) is 7.11 Å². The van der Waals surface area contributed by atoms with Gasteiger partial charge in [0.25, 0.3) is 0 Å². The predicted octanol–water partition coefficient (Wildman–Crippen LogP) is 2.40. The Kier molecular flexibility index (Phi) is 4.07. The first-order valence-corrected chi connectivity index (χ1v) is 5.82. The van der Waals surface area contributed by atoms with Gasteiger partial charge in [0.15, 0.2) is 5.69 Å². The minimum absolute atomic E-state index is 0.139. The fraction of sp³-hybridized carbons (Fsp3) is 0.214. The van der Waals surface area contributed by atoms with E-state index in [1.807, 2.05) is 37.3 Å². The second kappa shape index (κ2) is 5.95. The minimum atomic E-state index is -0.518. The third-order valence-corrected chi connectivity index (χ3v) is 2.59. The number of ether oxygens (including phenoxy) is 2. The molecule has 5 nitrogen and oxygen atoms in total. The summed E-state index contributed by atoms with van der Waals surface area (Å²) in [5.74, 6) is -0.154. The van der Waals surface area contributed by atoms with Crippen molar-refractivity contribution in [3.05, 3.63) is 54.0 Å². The van der Waals surface area contributed by atoms with Crippen molar-refractivity contribution >= 4 is 5.97 Å². The maximum Gasteiger partial charge on any atom is 0.358 e. The average Bonchev–Trinajstić information content (AvgIpc) is 2.48. The maximum atomic E-state index is 11.2. The highest BCUT2D eigenvalue weighted by Gasteiger charge is 2.10. The summed E-state index contributed by atoms with van der Waals surface area (Å²) in [5, 5.41) is 0. The van der Waals surface area contributed by atoms with Crippen molar-refractivity contribution < 1.29 is 14.3 Å². The van der Waals surface area contributed by atoms with Crippen LogP contribution in [0.4, 0.5) is 0 Å². The van der Waals surface area contributed by atoms with Gasteiger partial charge in [-0.3, -0.25) is 0 Å². The molecule has 0 fully saturated rings. The summed E-state index contributed by atoms with van der Waals surface area (Å²) in [6.07, 6.45) is 2.60. The summed E-state index contributed by atoms with van der Waals surface area (Å²) in [5.41, 5.74) is 1.20. The normalized spacial score (nSPS) is 11.7. The Hall–Kier alpha value is -2.43. The molecule has 0 radical (unpaired) electrons. The van der Waals surface area contributed by atoms with E-state index in [0.717, 1.165) is 5.56 Å². The molecule has 1 atom stereocenters. The van der Waals surface area contributed by atoms with Crippen molar-refractivity contribution in [2.45, 2.75) is 13.0 Å². The summed E-state index contributed by atoms with van der Waals surface area (Å²) in [6, 6.07) is 9.78. The Balaban J connectivity index is 2.06. The van der Waals surface area contributed by atoms with E-state index in [0.29, 0.717) is 5.88 Å². The summed E-state index contributed by atoms with van der Waals surface area (Å²) >= 11 is 0. The van der Waals surface area contributed by atoms with Gasteiger partial charge in [-0.05, 0) is 12.5 Å². The number of benzene rings is 1. The summed E-state index contributed by atoms with van der Waals surface area (Å²) in [6.45, 7) is 1.92. The molecule has 0 saturated heterocycles. The topological polar surface area (TPSA) is 61.3 Å². The van der Waals surface area contributed by atoms with Crippen LogP contribution in [0.15, 0.2) is 42.7 Å². The number of rotatable bonds is 4. The largest absolute Gasteiger partial charge is 0.469 e. The van der Waals surface area contributed by atoms with E-state index in [1.165, 1.54) is 19.5 Å². The molecular formula is C14H14N2O3. The first-order chi connectivity index (χ1) is 9.20. The molecule has 2 aromatic rings. The Bertz CT molecular complexity index is 540. The second-order valence-electron chi connectivity index (χ2n) is 3.90. The fourth-order valence-corrected chi connectivity index (χ4v) is 1.56. The van der Waals surface area contributed by atoms with Crippen LogP contribution in [0.5, 0.6) is 5.88 Å². The number of carbonyl (C=O) groups is 1. The van der Waals surface area contributed by atoms with Gasteiger partial charge in [-0.1, -0.05) is 30.3 Å². The van der Waals surface area contributed by atoms with Crippen molar-refractivity contribution in [3.8, 4) is 5.88 Å². The summed E-state index contributed by atoms with van der Waals surface area (Å²) in [4.78, 5) is 19.2. The van der Waals surface area contributed by atoms with E-state index < -0.39 is 5.97 Å². The molecule has 0 bridgehead atoms. The van der Waals surface area contributed by atoms with Crippen LogP contribution >= 0.6 is 0 Å². The van der Waals surface area contributed by atoms with Gasteiger partial charge in [-0.2, -0.15) is 0 Å². The third kappa shape index (κ3) is 3.28. The van der Waals surface area contributed by atoms with E-state index in [4.69, 9.17) is 4.74 Å². The number of aromatic nitrogens is 2. The third-order valence-electron chi connectivity index (χ3n) is 2.59. The first-order valence-electron chi connectivity index (χ1n) is 5.82. The molecular weight excluding hydrogens is 244 g/mol. The molecule has 0 aliphatic rings. The number of hydrogen-bond acceptors (Lipinski definition) is 5. The quantitative estimate of drug-likeness (QED) is 0.788. The van der Waals surface area contributed by atoms with Crippen LogP contribution in [0.1, 0.15) is 29.1 Å². The number of nitrogens with zero attached hydrogens (tertiary/aromatic N) is 2. The molecule has 19 heavy (non-hydrogen) atoms. The minimum Gasteiger partial charge on any atom is -0.469 e. The fourth-order valence-electron chi connectivity index (χ4n) is 1.56. The lowest BCUT2D eigenvalue weighted by atomic mass is 10.1. The van der Waals surface area contributed by atoms with E-state index in [2.05, 4.69) is 14.7 Å². The van der Waals surface area contributed by atoms with Crippen LogP contribution in [0, 0.1) is 0 Å². The highest BCUT2D eigenvalue weighted by atomic mass is 16.5. The molecule has 0 amide bonds. The lowest BCUT2D eigenvalue weighted by Crippen LogP contribution is -2.07. The number of carbonyl (C=O) groups excluding carboxylic acids is 1. The van der Waals surface area contributed by atoms with Crippen molar-refractivity contribution in [2.24, 2.45) is 0 Å². The van der Waals surface area contributed by atoms with Crippen LogP contribution in [0.2, 0.25) is 0 Å². The first kappa shape index (κ1) is 13.0. The smallest absolute Gasteiger partial charge is 0.358 e. The number of methoxy groups -OCH3 is 1. The van der Waals surface area contributed by atoms with Gasteiger partial charge in [-0.25, -0.2) is 14.8 Å². The van der Waals surface area contributed by atoms with E-state index in [9.17, 15) is 4.79 Å². The molecule has 0 aliphatic carbocycles. The standard InChI is InChI=1S/C14H14N2O3/c1-10(11-6-4-3-5-7-11)19-13-9-15-12(8-16-13)14(17)18-2/h3-10H,1-2H3. The Morgan fingerprint density at radius 3 is 2.47 bits per heavy atom. The van der Waals surface area contributed by atoms with Gasteiger partial charge in [0.1, 0.15) is 6.10 Å². The van der Waals surface area contributed by atoms with E-state index in [-0.39, 0.29) is 11.8 Å². The van der Waals surface area contributed by atoms with Gasteiger partial charge in [-0.15, -0.1) is 0 Å². The number of hydrogen-bond donors (Lipinski definition) is 0. The Morgan fingerprint density at radius 1 is 1.16 bits per heavy atom. The lowest BCUT2D eigenvalue weighted by molar-refractivity contribution is 0.0593. The molecule has 98 valence electrons. The van der Waals surface area contributed by atoms with Crippen LogP contribution in [0.25, 0.3) is 0 Å². The average molecular weight is 258 g/mol. The highest BCUT2D eigenvalue weighted by molar-refractivity contribution is 5.86. The second-order valence-corrected chi connectivity index (χ2v) is 3.90. The molecule has 1 heterocycles. The van der Waals surface area contributed by atoms with Crippen molar-refractivity contribution in [1.82, 2.24) is 9.97 Å². The molecule has 0 spiro atoms. The van der Waals surface area contributed by atoms with E-state index >= 15 is 0 Å². The monoisotopic (exact) mass is 258 g/mol. The molecule has 0 saturated carbocycles. The van der Waals surface area contributed by atoms with Crippen LogP contribution in [-0.4, -0.2) is 23.0 Å². The highest BCUT2D eigenvalue weighted by Crippen LogP contribution is 2.18. The zero-order chi connectivity index (χ0) is 13.7. The Labute approximate surface area is 111 Å². The summed E-state index contributed by atoms with van der Waals surface area (Å²) < 4.78 is 10.2. The molecule has 0 N–H and O–H groups in total. The zero-order valence-corrected chi connectivity index (χ0v) is 10.7. The van der Waals surface area contributed by atoms with Gasteiger partial charge >= 0.3 is 5.97 Å². The van der Waals surface area contributed by atoms with Crippen LogP contribution in [-0.2, 0) is 4.74 Å². The molecule has 1 aromatic heterocycles. The van der Waals surface area contributed by atoms with Crippen LogP contribution in [0.3, 0.4) is 0 Å². The molecule has 1 aromatic carbocycles. The number of esters is 1. The van der Waals surface area contributed by atoms with Gasteiger partial charge in [0.2, 0.25) is 5.88 Å². The Morgan fingerprint density at radius 2 is 1.89 bits per heavy atom. The van der Waals surface area contributed by atoms with Crippen LogP contribution < -0.4 is 4.74 Å². The molecule has 5 heteroatoms. The van der Waals surface area contributed by atoms with Gasteiger partial charge < -0.3 is 9.47 Å². The van der Waals surface area contributed by atoms with Crippen molar-refractivity contribution in [1.29, 1.82) is 0 Å². The lowest BCUT2D eigenvalue weighted by Gasteiger charge is -2.13. The molecule has 1 unspecified atom stereocenters. The maximum absolute atomic E-state index is 11.2. The van der Waals surface area contributed by atoms with Gasteiger partial charge in [0.05, 0.1) is 19.5 Å². The van der Waals surface area contributed by atoms with Gasteiger partial charge in [0, 0.05) is 0 Å². The molecule has 0 aliphatic heterocycles. The van der Waals surface area contributed by atoms with E-state index in [1.54, 1.807) is 0 Å². The predicted molar refractivity (Wildman–Crippen MR) is 68.9 cm³/mol. The summed E-state index contributed by atoms with van der Waals surface area (Å²) in [7, 11) is 1.30. The molecule has 2 rings (SSSR count). The van der Waals surface area contributed by atoms with Crippen molar-refractivity contribution in [3.63, 3.8) is 0 Å². The zero-order valence-electron chi connectivity index (χ0n) is 10.7. The SMILES string of the molecule is COC(=O)c1cnc(OC(C)c2ccccc2)cn1.